The highest BCUT2D eigenvalue weighted by molar-refractivity contribution is 7.26. The lowest BCUT2D eigenvalue weighted by Crippen LogP contribution is -2.28. The summed E-state index contributed by atoms with van der Waals surface area (Å²) in [6.45, 7) is 0. The Bertz CT molecular complexity index is 2930. The minimum absolute atomic E-state index is 0.541. The fourth-order valence-electron chi connectivity index (χ4n) is 8.93. The monoisotopic (exact) mass is 681 g/mol. The highest BCUT2D eigenvalue weighted by Gasteiger charge is 2.47. The van der Waals surface area contributed by atoms with Crippen LogP contribution in [0.25, 0.3) is 53.2 Å². The average molecular weight is 682 g/mol. The van der Waals surface area contributed by atoms with Gasteiger partial charge in [0.15, 0.2) is 5.58 Å². The molecule has 10 aromatic rings. The second-order valence-corrected chi connectivity index (χ2v) is 14.6. The van der Waals surface area contributed by atoms with Gasteiger partial charge in [0.1, 0.15) is 5.58 Å². The van der Waals surface area contributed by atoms with E-state index in [1.54, 1.807) is 0 Å². The highest BCUT2D eigenvalue weighted by atomic mass is 32.1. The first kappa shape index (κ1) is 29.3. The third kappa shape index (κ3) is 4.00. The molecule has 0 radical (unpaired) electrons. The summed E-state index contributed by atoms with van der Waals surface area (Å²) in [5.74, 6) is 0. The molecule has 0 bridgehead atoms. The molecule has 8 aromatic carbocycles. The summed E-state index contributed by atoms with van der Waals surface area (Å²) in [6, 6.07) is 68.2. The lowest BCUT2D eigenvalue weighted by molar-refractivity contribution is 0.668. The lowest BCUT2D eigenvalue weighted by atomic mass is 9.66. The van der Waals surface area contributed by atoms with E-state index in [2.05, 4.69) is 193 Å². The van der Waals surface area contributed by atoms with E-state index in [1.165, 1.54) is 53.6 Å². The maximum atomic E-state index is 7.11. The molecule has 11 rings (SSSR count). The summed E-state index contributed by atoms with van der Waals surface area (Å²) >= 11 is 1.84. The quantitative estimate of drug-likeness (QED) is 0.180. The van der Waals surface area contributed by atoms with E-state index in [0.29, 0.717) is 0 Å². The van der Waals surface area contributed by atoms with Crippen LogP contribution >= 0.6 is 11.3 Å². The van der Waals surface area contributed by atoms with E-state index < -0.39 is 5.41 Å². The minimum Gasteiger partial charge on any atom is -0.454 e. The number of nitrogens with zero attached hydrogens (tertiary/aromatic N) is 1. The van der Waals surface area contributed by atoms with Crippen molar-refractivity contribution >= 4 is 70.5 Å². The maximum Gasteiger partial charge on any atom is 0.159 e. The molecule has 0 unspecified atom stereocenters. The van der Waals surface area contributed by atoms with E-state index in [0.717, 1.165) is 39.0 Å². The van der Waals surface area contributed by atoms with E-state index >= 15 is 0 Å². The van der Waals surface area contributed by atoms with Crippen molar-refractivity contribution in [3.05, 3.63) is 210 Å². The van der Waals surface area contributed by atoms with Crippen molar-refractivity contribution < 1.29 is 4.42 Å². The molecule has 0 saturated heterocycles. The minimum atomic E-state index is -0.541. The van der Waals surface area contributed by atoms with Crippen LogP contribution in [0, 0.1) is 0 Å². The SMILES string of the molecule is c1ccc(N(c2cccc3c2oc2cccc(C4(c5ccccc5)c5ccccc5-c5ccccc54)c23)c2cccc3sc4ccccc4c23)cc1. The van der Waals surface area contributed by atoms with Crippen LogP contribution in [-0.4, -0.2) is 0 Å². The van der Waals surface area contributed by atoms with Crippen LogP contribution in [0.3, 0.4) is 0 Å². The molecule has 52 heavy (non-hydrogen) atoms. The van der Waals surface area contributed by atoms with E-state index in [9.17, 15) is 0 Å². The molecule has 2 aromatic heterocycles. The molecular weight excluding hydrogens is 651 g/mol. The van der Waals surface area contributed by atoms with Crippen LogP contribution in [-0.2, 0) is 5.41 Å². The first-order valence-electron chi connectivity index (χ1n) is 17.8. The van der Waals surface area contributed by atoms with Gasteiger partial charge in [0, 0.05) is 36.6 Å². The number of hydrogen-bond acceptors (Lipinski definition) is 3. The zero-order chi connectivity index (χ0) is 34.2. The van der Waals surface area contributed by atoms with Gasteiger partial charge in [-0.3, -0.25) is 0 Å². The topological polar surface area (TPSA) is 16.4 Å². The van der Waals surface area contributed by atoms with Gasteiger partial charge in [0.2, 0.25) is 0 Å². The van der Waals surface area contributed by atoms with Crippen LogP contribution in [0.2, 0.25) is 0 Å². The highest BCUT2D eigenvalue weighted by Crippen LogP contribution is 2.58. The van der Waals surface area contributed by atoms with Crippen molar-refractivity contribution in [1.82, 2.24) is 0 Å². The molecule has 0 fully saturated rings. The largest absolute Gasteiger partial charge is 0.454 e. The number of para-hydroxylation sites is 2. The van der Waals surface area contributed by atoms with E-state index in [1.807, 2.05) is 11.3 Å². The van der Waals surface area contributed by atoms with Gasteiger partial charge in [-0.05, 0) is 75.8 Å². The molecule has 3 heteroatoms. The molecule has 0 spiro atoms. The number of hydrogen-bond donors (Lipinski definition) is 0. The van der Waals surface area contributed by atoms with Gasteiger partial charge >= 0.3 is 0 Å². The predicted octanol–water partition coefficient (Wildman–Crippen LogP) is 13.8. The standard InChI is InChI=1S/C49H31NOS/c1-3-16-32(17-4-1)49(38-24-10-7-20-34(38)35-21-8-11-25-39(35)49)40-26-14-29-43-46(40)37-23-13-28-42(48(37)51-43)50(33-18-5-2-6-19-33)41-27-15-31-45-47(41)36-22-9-12-30-44(36)52-45/h1-31H. The third-order valence-electron chi connectivity index (χ3n) is 10.9. The Morgan fingerprint density at radius 1 is 0.423 bits per heavy atom. The maximum absolute atomic E-state index is 7.11. The van der Waals surface area contributed by atoms with Crippen molar-refractivity contribution in [1.29, 1.82) is 0 Å². The lowest BCUT2D eigenvalue weighted by Gasteiger charge is -2.34. The Hall–Kier alpha value is -6.42. The molecule has 0 N–H and O–H groups in total. The normalized spacial score (nSPS) is 13.2. The number of anilines is 3. The van der Waals surface area contributed by atoms with E-state index in [4.69, 9.17) is 4.42 Å². The zero-order valence-corrected chi connectivity index (χ0v) is 29.0. The molecule has 0 atom stereocenters. The van der Waals surface area contributed by atoms with Crippen LogP contribution in [0.15, 0.2) is 192 Å². The molecule has 0 saturated carbocycles. The second-order valence-electron chi connectivity index (χ2n) is 13.6. The number of furan rings is 1. The van der Waals surface area contributed by atoms with Crippen LogP contribution in [0.1, 0.15) is 22.3 Å². The van der Waals surface area contributed by atoms with Gasteiger partial charge in [-0.15, -0.1) is 11.3 Å². The number of rotatable bonds is 5. The van der Waals surface area contributed by atoms with Crippen molar-refractivity contribution in [2.45, 2.75) is 5.41 Å². The number of benzene rings is 8. The van der Waals surface area contributed by atoms with Crippen LogP contribution in [0.5, 0.6) is 0 Å². The Kier molecular flexibility index (Phi) is 6.37. The van der Waals surface area contributed by atoms with Gasteiger partial charge in [0.05, 0.1) is 16.8 Å². The molecule has 1 aliphatic rings. The predicted molar refractivity (Wildman–Crippen MR) is 219 cm³/mol. The summed E-state index contributed by atoms with van der Waals surface area (Å²) in [7, 11) is 0. The van der Waals surface area contributed by atoms with Gasteiger partial charge in [-0.1, -0.05) is 146 Å². The first-order valence-corrected chi connectivity index (χ1v) is 18.6. The summed E-state index contributed by atoms with van der Waals surface area (Å²) < 4.78 is 9.66. The number of fused-ring (bicyclic) bond motifs is 9. The molecule has 0 amide bonds. The van der Waals surface area contributed by atoms with Crippen LogP contribution in [0.4, 0.5) is 17.1 Å². The molecule has 1 aliphatic carbocycles. The fraction of sp³-hybridized carbons (Fsp3) is 0.0204. The smallest absolute Gasteiger partial charge is 0.159 e. The van der Waals surface area contributed by atoms with Gasteiger partial charge in [-0.25, -0.2) is 0 Å². The Morgan fingerprint density at radius 3 is 1.79 bits per heavy atom. The van der Waals surface area contributed by atoms with Gasteiger partial charge in [-0.2, -0.15) is 0 Å². The first-order chi connectivity index (χ1) is 25.8. The molecule has 2 nitrogen and oxygen atoms in total. The average Bonchev–Trinajstić information content (AvgIpc) is 3.88. The molecule has 2 heterocycles. The molecule has 0 aliphatic heterocycles. The molecular formula is C49H31NOS. The molecule has 244 valence electrons. The summed E-state index contributed by atoms with van der Waals surface area (Å²) in [6.07, 6.45) is 0. The fourth-order valence-corrected chi connectivity index (χ4v) is 10.1. The Balaban J connectivity index is 1.24. The van der Waals surface area contributed by atoms with Gasteiger partial charge in [0.25, 0.3) is 0 Å². The summed E-state index contributed by atoms with van der Waals surface area (Å²) in [5.41, 5.74) is 12.0. The van der Waals surface area contributed by atoms with Crippen molar-refractivity contribution in [2.24, 2.45) is 0 Å². The summed E-state index contributed by atoms with van der Waals surface area (Å²) in [4.78, 5) is 2.39. The van der Waals surface area contributed by atoms with E-state index in [-0.39, 0.29) is 0 Å². The Labute approximate surface area is 305 Å². The summed E-state index contributed by atoms with van der Waals surface area (Å²) in [5, 5.41) is 4.76. The zero-order valence-electron chi connectivity index (χ0n) is 28.2. The Morgan fingerprint density at radius 2 is 1.00 bits per heavy atom. The van der Waals surface area contributed by atoms with Crippen molar-refractivity contribution in [3.63, 3.8) is 0 Å². The van der Waals surface area contributed by atoms with Crippen molar-refractivity contribution in [3.8, 4) is 11.1 Å². The van der Waals surface area contributed by atoms with Crippen LogP contribution < -0.4 is 4.90 Å². The third-order valence-corrected chi connectivity index (χ3v) is 12.1. The van der Waals surface area contributed by atoms with Gasteiger partial charge < -0.3 is 9.32 Å². The number of thiophene rings is 1. The second kappa shape index (κ2) is 11.3. The van der Waals surface area contributed by atoms with Crippen molar-refractivity contribution in [2.75, 3.05) is 4.90 Å².